The molecule has 0 bridgehead atoms. The van der Waals surface area contributed by atoms with Crippen molar-refractivity contribution in [3.8, 4) is 0 Å². The number of fused-ring (bicyclic) bond motifs is 1. The molecule has 0 radical (unpaired) electrons. The number of carbonyl (C=O) groups is 2. The first kappa shape index (κ1) is 26.0. The number of rotatable bonds is 6. The lowest BCUT2D eigenvalue weighted by Gasteiger charge is -2.36. The number of benzene rings is 2. The number of aryl methyl sites for hydroxylation is 1. The van der Waals surface area contributed by atoms with E-state index in [-0.39, 0.29) is 23.1 Å². The molecular weight excluding hydrogens is 494 g/mol. The van der Waals surface area contributed by atoms with Gasteiger partial charge in [-0.2, -0.15) is 0 Å². The van der Waals surface area contributed by atoms with Crippen LogP contribution in [-0.4, -0.2) is 57.4 Å². The van der Waals surface area contributed by atoms with Gasteiger partial charge in [-0.3, -0.25) is 14.0 Å². The van der Waals surface area contributed by atoms with E-state index in [1.807, 2.05) is 55.1 Å². The predicted molar refractivity (Wildman–Crippen MR) is 151 cm³/mol. The molecule has 1 saturated heterocycles. The topological polar surface area (TPSA) is 107 Å². The van der Waals surface area contributed by atoms with E-state index in [9.17, 15) is 19.5 Å². The molecular formula is C30H31N5O4. The fourth-order valence-corrected chi connectivity index (χ4v) is 5.10. The second kappa shape index (κ2) is 10.6. The molecule has 3 heterocycles. The van der Waals surface area contributed by atoms with E-state index >= 15 is 0 Å². The predicted octanol–water partition coefficient (Wildman–Crippen LogP) is 4.15. The van der Waals surface area contributed by atoms with E-state index in [1.54, 1.807) is 41.8 Å². The van der Waals surface area contributed by atoms with Crippen molar-refractivity contribution in [2.24, 2.45) is 0 Å². The van der Waals surface area contributed by atoms with E-state index < -0.39 is 5.97 Å². The first-order chi connectivity index (χ1) is 18.7. The molecule has 1 atom stereocenters. The van der Waals surface area contributed by atoms with Gasteiger partial charge in [0.25, 0.3) is 11.5 Å². The van der Waals surface area contributed by atoms with Crippen LogP contribution in [0.15, 0.2) is 71.7 Å². The molecule has 9 heteroatoms. The van der Waals surface area contributed by atoms with Crippen LogP contribution < -0.4 is 15.8 Å². The Hall–Kier alpha value is -4.66. The number of hydrogen-bond acceptors (Lipinski definition) is 6. The van der Waals surface area contributed by atoms with Crippen LogP contribution in [-0.2, 0) is 0 Å². The summed E-state index contributed by atoms with van der Waals surface area (Å²) in [5.74, 6) is -0.413. The number of para-hydroxylation sites is 1. The number of carboxylic acids is 1. The Kier molecular flexibility index (Phi) is 7.06. The Morgan fingerprint density at radius 2 is 1.64 bits per heavy atom. The number of carboxylic acid groups (broad SMARTS) is 1. The Morgan fingerprint density at radius 1 is 0.974 bits per heavy atom. The number of piperazine rings is 1. The lowest BCUT2D eigenvalue weighted by Crippen LogP contribution is -2.49. The number of nitrogens with one attached hydrogen (secondary N) is 1. The largest absolute Gasteiger partial charge is 0.478 e. The molecule has 1 aliphatic heterocycles. The van der Waals surface area contributed by atoms with Crippen molar-refractivity contribution in [2.75, 3.05) is 36.4 Å². The first-order valence-electron chi connectivity index (χ1n) is 13.0. The van der Waals surface area contributed by atoms with Crippen LogP contribution in [0, 0.1) is 13.8 Å². The number of carbonyl (C=O) groups excluding carboxylic acids is 1. The van der Waals surface area contributed by atoms with Gasteiger partial charge in [-0.15, -0.1) is 0 Å². The van der Waals surface area contributed by atoms with E-state index in [0.29, 0.717) is 54.5 Å². The summed E-state index contributed by atoms with van der Waals surface area (Å²) in [6.45, 7) is 7.79. The minimum Gasteiger partial charge on any atom is -0.478 e. The van der Waals surface area contributed by atoms with Gasteiger partial charge in [0.05, 0.1) is 17.2 Å². The fourth-order valence-electron chi connectivity index (χ4n) is 5.10. The lowest BCUT2D eigenvalue weighted by atomic mass is 10.1. The summed E-state index contributed by atoms with van der Waals surface area (Å²) in [7, 11) is 0. The maximum absolute atomic E-state index is 13.5. The van der Waals surface area contributed by atoms with Crippen molar-refractivity contribution in [3.63, 3.8) is 0 Å². The Bertz CT molecular complexity index is 1610. The molecule has 1 aliphatic rings. The molecule has 1 fully saturated rings. The second-order valence-corrected chi connectivity index (χ2v) is 9.89. The number of pyridine rings is 1. The molecule has 0 spiro atoms. The summed E-state index contributed by atoms with van der Waals surface area (Å²) in [4.78, 5) is 47.0. The van der Waals surface area contributed by atoms with Gasteiger partial charge in [0, 0.05) is 49.2 Å². The van der Waals surface area contributed by atoms with E-state index in [2.05, 4.69) is 10.2 Å². The van der Waals surface area contributed by atoms with E-state index in [0.717, 1.165) is 11.1 Å². The number of amides is 1. The minimum absolute atomic E-state index is 0.00202. The highest BCUT2D eigenvalue weighted by Crippen LogP contribution is 2.27. The van der Waals surface area contributed by atoms with Crippen LogP contribution in [0.2, 0.25) is 0 Å². The summed E-state index contributed by atoms with van der Waals surface area (Å²) in [6.07, 6.45) is 1.78. The zero-order chi connectivity index (χ0) is 27.7. The summed E-state index contributed by atoms with van der Waals surface area (Å²) in [5.41, 5.74) is 3.91. The first-order valence-corrected chi connectivity index (χ1v) is 13.0. The number of anilines is 2. The third-order valence-electron chi connectivity index (χ3n) is 7.17. The van der Waals surface area contributed by atoms with E-state index in [1.165, 1.54) is 0 Å². The van der Waals surface area contributed by atoms with Crippen molar-refractivity contribution in [1.82, 2.24) is 14.3 Å². The van der Waals surface area contributed by atoms with Crippen molar-refractivity contribution in [2.45, 2.75) is 26.8 Å². The Labute approximate surface area is 226 Å². The highest BCUT2D eigenvalue weighted by Gasteiger charge is 2.26. The van der Waals surface area contributed by atoms with Gasteiger partial charge in [0.15, 0.2) is 0 Å². The van der Waals surface area contributed by atoms with Crippen molar-refractivity contribution < 1.29 is 14.7 Å². The van der Waals surface area contributed by atoms with Gasteiger partial charge < -0.3 is 20.2 Å². The molecule has 2 aromatic heterocycles. The van der Waals surface area contributed by atoms with Gasteiger partial charge in [-0.25, -0.2) is 9.78 Å². The van der Waals surface area contributed by atoms with Crippen molar-refractivity contribution >= 4 is 29.0 Å². The molecule has 4 aromatic rings. The van der Waals surface area contributed by atoms with Crippen LogP contribution in [0.1, 0.15) is 50.4 Å². The van der Waals surface area contributed by atoms with Crippen LogP contribution >= 0.6 is 0 Å². The van der Waals surface area contributed by atoms with Crippen LogP contribution in [0.4, 0.5) is 11.5 Å². The molecule has 2 N–H and O–H groups in total. The smallest absolute Gasteiger partial charge is 0.337 e. The van der Waals surface area contributed by atoms with Crippen molar-refractivity contribution in [3.05, 3.63) is 105 Å². The monoisotopic (exact) mass is 525 g/mol. The molecule has 0 unspecified atom stereocenters. The lowest BCUT2D eigenvalue weighted by molar-refractivity contribution is 0.0696. The summed E-state index contributed by atoms with van der Waals surface area (Å²) < 4.78 is 1.57. The normalized spacial score (nSPS) is 14.3. The third-order valence-corrected chi connectivity index (χ3v) is 7.17. The Morgan fingerprint density at radius 3 is 2.33 bits per heavy atom. The highest BCUT2D eigenvalue weighted by atomic mass is 16.4. The summed E-state index contributed by atoms with van der Waals surface area (Å²) >= 11 is 0. The number of hydrogen-bond donors (Lipinski definition) is 2. The molecule has 2 aromatic carbocycles. The summed E-state index contributed by atoms with van der Waals surface area (Å²) in [6, 6.07) is 17.6. The van der Waals surface area contributed by atoms with Gasteiger partial charge in [-0.1, -0.05) is 30.3 Å². The SMILES string of the molecule is Cc1cc([C@@H](C)Nc2ccccc2C(=O)O)c2nc(N3CCN(C(=O)c4ccccc4)CC3)c(C)c(=O)n2c1. The molecule has 0 saturated carbocycles. The van der Waals surface area contributed by atoms with Crippen LogP contribution in [0.3, 0.4) is 0 Å². The Balaban J connectivity index is 1.46. The minimum atomic E-state index is -1.02. The fraction of sp³-hybridized carbons (Fsp3) is 0.267. The zero-order valence-electron chi connectivity index (χ0n) is 22.2. The molecule has 0 aliphatic carbocycles. The quantitative estimate of drug-likeness (QED) is 0.390. The number of aromatic carboxylic acids is 1. The molecule has 1 amide bonds. The second-order valence-electron chi connectivity index (χ2n) is 9.89. The maximum Gasteiger partial charge on any atom is 0.337 e. The van der Waals surface area contributed by atoms with Gasteiger partial charge in [0.1, 0.15) is 11.5 Å². The van der Waals surface area contributed by atoms with Gasteiger partial charge in [0.2, 0.25) is 0 Å². The number of aromatic nitrogens is 2. The standard InChI is InChI=1S/C30H31N5O4/c1-19-17-24(21(3)31-25-12-8-7-11-23(25)30(38)39)27-32-26(20(2)28(36)35(27)18-19)33-13-15-34(16-14-33)29(37)22-9-5-4-6-10-22/h4-12,17-18,21,31H,13-16H2,1-3H3,(H,38,39)/t21-/m1/s1. The highest BCUT2D eigenvalue weighted by molar-refractivity contribution is 5.95. The third kappa shape index (κ3) is 5.07. The van der Waals surface area contributed by atoms with Crippen LogP contribution in [0.5, 0.6) is 0 Å². The summed E-state index contributed by atoms with van der Waals surface area (Å²) in [5, 5.41) is 12.9. The zero-order valence-corrected chi connectivity index (χ0v) is 22.2. The average molecular weight is 526 g/mol. The van der Waals surface area contributed by atoms with Crippen LogP contribution in [0.25, 0.3) is 5.65 Å². The molecule has 5 rings (SSSR count). The van der Waals surface area contributed by atoms with Gasteiger partial charge in [-0.05, 0) is 56.7 Å². The molecule has 200 valence electrons. The molecule has 9 nitrogen and oxygen atoms in total. The molecule has 39 heavy (non-hydrogen) atoms. The number of nitrogens with zero attached hydrogens (tertiary/aromatic N) is 4. The van der Waals surface area contributed by atoms with E-state index in [4.69, 9.17) is 4.98 Å². The average Bonchev–Trinajstić information content (AvgIpc) is 2.95. The van der Waals surface area contributed by atoms with Gasteiger partial charge >= 0.3 is 5.97 Å². The maximum atomic E-state index is 13.5. The van der Waals surface area contributed by atoms with Crippen molar-refractivity contribution in [1.29, 1.82) is 0 Å².